The van der Waals surface area contributed by atoms with Gasteiger partial charge in [0.15, 0.2) is 12.6 Å². The number of unbranched alkanes of at least 4 members (excludes halogenated alkanes) is 4. The number of carboxylic acid groups (broad SMARTS) is 1. The highest BCUT2D eigenvalue weighted by Crippen LogP contribution is 2.50. The van der Waals surface area contributed by atoms with Crippen molar-refractivity contribution < 1.29 is 33.6 Å². The number of rotatable bonds is 16. The lowest BCUT2D eigenvalue weighted by molar-refractivity contribution is -0.187. The molecule has 0 amide bonds. The molecule has 1 N–H and O–H groups in total. The van der Waals surface area contributed by atoms with Gasteiger partial charge in [0.1, 0.15) is 6.61 Å². The normalized spacial score (nSPS) is 30.3. The first-order valence-corrected chi connectivity index (χ1v) is 14.9. The van der Waals surface area contributed by atoms with E-state index >= 15 is 0 Å². The molecule has 7 nitrogen and oxygen atoms in total. The fourth-order valence-corrected chi connectivity index (χ4v) is 6.35. The maximum Gasteiger partial charge on any atom is 0.329 e. The van der Waals surface area contributed by atoms with Crippen molar-refractivity contribution >= 4 is 5.97 Å². The van der Waals surface area contributed by atoms with Gasteiger partial charge in [0, 0.05) is 19.8 Å². The van der Waals surface area contributed by atoms with Gasteiger partial charge in [-0.1, -0.05) is 30.6 Å². The van der Waals surface area contributed by atoms with Crippen LogP contribution in [-0.4, -0.2) is 62.8 Å². The van der Waals surface area contributed by atoms with E-state index in [1.165, 1.54) is 43.3 Å². The zero-order valence-electron chi connectivity index (χ0n) is 22.6. The Morgan fingerprint density at radius 2 is 1.73 bits per heavy atom. The second-order valence-corrected chi connectivity index (χ2v) is 11.1. The Labute approximate surface area is 222 Å². The van der Waals surface area contributed by atoms with Gasteiger partial charge in [-0.05, 0) is 101 Å². The van der Waals surface area contributed by atoms with E-state index in [1.807, 2.05) is 0 Å². The van der Waals surface area contributed by atoms with Crippen LogP contribution in [0.5, 0.6) is 0 Å². The summed E-state index contributed by atoms with van der Waals surface area (Å²) in [6.45, 7) is 2.72. The Morgan fingerprint density at radius 1 is 0.946 bits per heavy atom. The number of carboxylic acids is 1. The van der Waals surface area contributed by atoms with Crippen molar-refractivity contribution in [2.75, 3.05) is 33.0 Å². The minimum absolute atomic E-state index is 0.0231. The molecule has 2 heterocycles. The zero-order chi connectivity index (χ0) is 25.7. The molecule has 4 rings (SSSR count). The summed E-state index contributed by atoms with van der Waals surface area (Å²) in [4.78, 5) is 10.8. The van der Waals surface area contributed by atoms with Gasteiger partial charge in [0.25, 0.3) is 0 Å². The van der Waals surface area contributed by atoms with Gasteiger partial charge >= 0.3 is 5.97 Å². The van der Waals surface area contributed by atoms with Crippen molar-refractivity contribution in [3.8, 4) is 0 Å². The van der Waals surface area contributed by atoms with Crippen molar-refractivity contribution in [1.29, 1.82) is 0 Å². The lowest BCUT2D eigenvalue weighted by atomic mass is 9.94. The minimum Gasteiger partial charge on any atom is -0.480 e. The van der Waals surface area contributed by atoms with Crippen LogP contribution in [0.2, 0.25) is 0 Å². The standard InChI is InChI=1S/C30H48O7/c31-28(32)22-33-18-14-23-19-24-20-25(37-30-13-7-10-17-36-30)21-27(24)26(23)11-5-3-1-2-4-8-15-34-29-12-6-9-16-35-29/h5,11,24-25,27,29-30H,1-4,6-10,12-22H2,(H,31,32)/t24-,25+,27+,29?,30?/m0/s1. The molecule has 1 saturated carbocycles. The van der Waals surface area contributed by atoms with Crippen LogP contribution in [0.15, 0.2) is 23.3 Å². The molecule has 7 heteroatoms. The third-order valence-corrected chi connectivity index (χ3v) is 8.23. The second-order valence-electron chi connectivity index (χ2n) is 11.1. The molecule has 5 atom stereocenters. The molecule has 2 aliphatic carbocycles. The Kier molecular flexibility index (Phi) is 12.4. The summed E-state index contributed by atoms with van der Waals surface area (Å²) in [5.74, 6) is 0.255. The number of aliphatic carboxylic acids is 1. The SMILES string of the molecule is O=C(O)COCCC1=C(C=CCCCCCCOC2CCCCO2)[C@@H]2C[C@H](OC3CCCCO3)C[C@@H]2C1. The molecule has 0 aromatic heterocycles. The van der Waals surface area contributed by atoms with Gasteiger partial charge in [-0.2, -0.15) is 0 Å². The number of hydrogen-bond acceptors (Lipinski definition) is 6. The Balaban J connectivity index is 1.19. The fourth-order valence-electron chi connectivity index (χ4n) is 6.35. The van der Waals surface area contributed by atoms with Crippen LogP contribution in [0.1, 0.15) is 96.3 Å². The monoisotopic (exact) mass is 520 g/mol. The maximum atomic E-state index is 10.8. The molecule has 4 aliphatic rings. The summed E-state index contributed by atoms with van der Waals surface area (Å²) in [7, 11) is 0. The van der Waals surface area contributed by atoms with Crippen LogP contribution in [-0.2, 0) is 28.5 Å². The van der Waals surface area contributed by atoms with E-state index in [1.54, 1.807) is 0 Å². The van der Waals surface area contributed by atoms with Crippen molar-refractivity contribution in [3.05, 3.63) is 23.3 Å². The van der Waals surface area contributed by atoms with Crippen molar-refractivity contribution in [3.63, 3.8) is 0 Å². The van der Waals surface area contributed by atoms with Crippen molar-refractivity contribution in [2.45, 2.75) is 115 Å². The summed E-state index contributed by atoms with van der Waals surface area (Å²) >= 11 is 0. The van der Waals surface area contributed by atoms with E-state index in [0.717, 1.165) is 84.0 Å². The number of carbonyl (C=O) groups is 1. The molecule has 0 aromatic carbocycles. The molecule has 2 aliphatic heterocycles. The summed E-state index contributed by atoms with van der Waals surface area (Å²) in [5, 5.41) is 8.86. The summed E-state index contributed by atoms with van der Waals surface area (Å²) in [5.41, 5.74) is 2.91. The summed E-state index contributed by atoms with van der Waals surface area (Å²) in [6.07, 6.45) is 21.6. The number of allylic oxidation sites excluding steroid dienone is 3. The van der Waals surface area contributed by atoms with Crippen LogP contribution in [0.25, 0.3) is 0 Å². The van der Waals surface area contributed by atoms with Crippen LogP contribution in [0.4, 0.5) is 0 Å². The highest BCUT2D eigenvalue weighted by molar-refractivity contribution is 5.67. The molecular formula is C30H48O7. The third kappa shape index (κ3) is 9.77. The Morgan fingerprint density at radius 3 is 2.49 bits per heavy atom. The second kappa shape index (κ2) is 16.0. The topological polar surface area (TPSA) is 83.5 Å². The van der Waals surface area contributed by atoms with Crippen molar-refractivity contribution in [2.24, 2.45) is 11.8 Å². The summed E-state index contributed by atoms with van der Waals surface area (Å²) < 4.78 is 29.0. The maximum absolute atomic E-state index is 10.8. The highest BCUT2D eigenvalue weighted by Gasteiger charge is 2.42. The number of hydrogen-bond donors (Lipinski definition) is 1. The molecule has 3 fully saturated rings. The fraction of sp³-hybridized carbons (Fsp3) is 0.833. The largest absolute Gasteiger partial charge is 0.480 e. The Hall–Kier alpha value is -1.25. The van der Waals surface area contributed by atoms with E-state index in [9.17, 15) is 4.79 Å². The van der Waals surface area contributed by atoms with Gasteiger partial charge in [-0.15, -0.1) is 0 Å². The molecule has 0 spiro atoms. The number of ether oxygens (including phenoxy) is 5. The van der Waals surface area contributed by atoms with E-state index in [2.05, 4.69) is 12.2 Å². The zero-order valence-corrected chi connectivity index (χ0v) is 22.6. The highest BCUT2D eigenvalue weighted by atomic mass is 16.7. The molecule has 2 saturated heterocycles. The quantitative estimate of drug-likeness (QED) is 0.244. The molecule has 0 radical (unpaired) electrons. The van der Waals surface area contributed by atoms with Gasteiger partial charge < -0.3 is 28.8 Å². The molecule has 0 bridgehead atoms. The number of fused-ring (bicyclic) bond motifs is 1. The molecular weight excluding hydrogens is 472 g/mol. The van der Waals surface area contributed by atoms with E-state index in [4.69, 9.17) is 28.8 Å². The predicted molar refractivity (Wildman–Crippen MR) is 141 cm³/mol. The van der Waals surface area contributed by atoms with E-state index in [-0.39, 0.29) is 25.3 Å². The van der Waals surface area contributed by atoms with Crippen molar-refractivity contribution in [1.82, 2.24) is 0 Å². The van der Waals surface area contributed by atoms with Crippen LogP contribution < -0.4 is 0 Å². The first-order valence-electron chi connectivity index (χ1n) is 14.9. The lowest BCUT2D eigenvalue weighted by Gasteiger charge is -2.26. The smallest absolute Gasteiger partial charge is 0.329 e. The van der Waals surface area contributed by atoms with Gasteiger partial charge in [0.2, 0.25) is 0 Å². The van der Waals surface area contributed by atoms with Crippen LogP contribution in [0.3, 0.4) is 0 Å². The summed E-state index contributed by atoms with van der Waals surface area (Å²) in [6, 6.07) is 0. The van der Waals surface area contributed by atoms with E-state index in [0.29, 0.717) is 18.4 Å². The first kappa shape index (κ1) is 28.8. The third-order valence-electron chi connectivity index (χ3n) is 8.23. The van der Waals surface area contributed by atoms with Crippen LogP contribution >= 0.6 is 0 Å². The molecule has 0 aromatic rings. The van der Waals surface area contributed by atoms with Gasteiger partial charge in [-0.3, -0.25) is 0 Å². The average molecular weight is 521 g/mol. The van der Waals surface area contributed by atoms with Gasteiger partial charge in [-0.25, -0.2) is 4.79 Å². The lowest BCUT2D eigenvalue weighted by Crippen LogP contribution is -2.27. The predicted octanol–water partition coefficient (Wildman–Crippen LogP) is 6.17. The average Bonchev–Trinajstić information content (AvgIpc) is 3.44. The Bertz CT molecular complexity index is 736. The molecule has 2 unspecified atom stereocenters. The van der Waals surface area contributed by atoms with E-state index < -0.39 is 5.97 Å². The van der Waals surface area contributed by atoms with Crippen LogP contribution in [0, 0.1) is 11.8 Å². The molecule has 37 heavy (non-hydrogen) atoms. The van der Waals surface area contributed by atoms with Gasteiger partial charge in [0.05, 0.1) is 12.7 Å². The molecule has 210 valence electrons. The first-order chi connectivity index (χ1) is 18.2. The minimum atomic E-state index is -0.906.